The van der Waals surface area contributed by atoms with Crippen LogP contribution in [0.4, 0.5) is 4.39 Å². The number of ether oxygens (including phenoxy) is 1. The number of benzene rings is 2. The molecule has 2 nitrogen and oxygen atoms in total. The van der Waals surface area contributed by atoms with Gasteiger partial charge in [0.1, 0.15) is 0 Å². The summed E-state index contributed by atoms with van der Waals surface area (Å²) in [6.45, 7) is 0. The van der Waals surface area contributed by atoms with Gasteiger partial charge in [0, 0.05) is 15.0 Å². The number of rotatable bonds is 4. The minimum atomic E-state index is -0.817. The highest BCUT2D eigenvalue weighted by molar-refractivity contribution is 14.1. The molecule has 1 N–H and O–H groups in total. The van der Waals surface area contributed by atoms with Gasteiger partial charge in [-0.3, -0.25) is 0 Å². The molecule has 2 rings (SSSR count). The molecule has 2 aromatic rings. The van der Waals surface area contributed by atoms with E-state index in [0.717, 1.165) is 3.57 Å². The maximum absolute atomic E-state index is 14.1. The van der Waals surface area contributed by atoms with Crippen LogP contribution < -0.4 is 4.74 Å². The largest absolute Gasteiger partial charge is 0.494 e. The Balaban J connectivity index is 2.28. The maximum atomic E-state index is 14.1. The molecule has 0 aromatic heterocycles. The fourth-order valence-electron chi connectivity index (χ4n) is 1.96. The monoisotopic (exact) mass is 406 g/mol. The summed E-state index contributed by atoms with van der Waals surface area (Å²) in [4.78, 5) is 0. The van der Waals surface area contributed by atoms with Gasteiger partial charge in [0.05, 0.1) is 13.2 Å². The van der Waals surface area contributed by atoms with E-state index in [1.807, 2.05) is 6.07 Å². The summed E-state index contributed by atoms with van der Waals surface area (Å²) < 4.78 is 19.9. The van der Waals surface area contributed by atoms with E-state index >= 15 is 0 Å². The summed E-state index contributed by atoms with van der Waals surface area (Å²) in [7, 11) is 1.42. The first-order chi connectivity index (χ1) is 9.52. The standard InChI is InChI=1S/C15H13ClFIO2/c1-20-14-4-2-3-9(15(14)17)7-13(19)11-8-10(16)5-6-12(11)18/h2-6,8,13,19H,7H2,1H3. The van der Waals surface area contributed by atoms with Crippen molar-refractivity contribution in [2.75, 3.05) is 7.11 Å². The molecule has 1 atom stereocenters. The molecular weight excluding hydrogens is 394 g/mol. The molecule has 0 heterocycles. The Labute approximate surface area is 135 Å². The number of hydrogen-bond acceptors (Lipinski definition) is 2. The molecule has 0 aliphatic rings. The molecule has 20 heavy (non-hydrogen) atoms. The predicted molar refractivity (Wildman–Crippen MR) is 85.8 cm³/mol. The molecule has 2 aromatic carbocycles. The van der Waals surface area contributed by atoms with Crippen molar-refractivity contribution < 1.29 is 14.2 Å². The molecule has 0 spiro atoms. The molecule has 0 fully saturated rings. The van der Waals surface area contributed by atoms with E-state index in [1.54, 1.807) is 30.3 Å². The highest BCUT2D eigenvalue weighted by Gasteiger charge is 2.16. The van der Waals surface area contributed by atoms with Crippen LogP contribution in [-0.4, -0.2) is 12.2 Å². The lowest BCUT2D eigenvalue weighted by molar-refractivity contribution is 0.176. The molecule has 0 aliphatic heterocycles. The average molecular weight is 407 g/mol. The van der Waals surface area contributed by atoms with Gasteiger partial charge in [-0.05, 0) is 58.0 Å². The summed E-state index contributed by atoms with van der Waals surface area (Å²) in [5.74, 6) is -0.262. The third kappa shape index (κ3) is 3.42. The Kier molecular flexibility index (Phi) is 5.23. The van der Waals surface area contributed by atoms with Crippen molar-refractivity contribution in [1.29, 1.82) is 0 Å². The Hall–Kier alpha value is -0.850. The Morgan fingerprint density at radius 1 is 1.35 bits per heavy atom. The van der Waals surface area contributed by atoms with Crippen molar-refractivity contribution in [3.8, 4) is 5.75 Å². The predicted octanol–water partition coefficient (Wildman–Crippen LogP) is 4.37. The Morgan fingerprint density at radius 2 is 2.10 bits per heavy atom. The van der Waals surface area contributed by atoms with Gasteiger partial charge in [-0.25, -0.2) is 4.39 Å². The lowest BCUT2D eigenvalue weighted by Crippen LogP contribution is -2.06. The van der Waals surface area contributed by atoms with E-state index in [-0.39, 0.29) is 12.2 Å². The van der Waals surface area contributed by atoms with Gasteiger partial charge >= 0.3 is 0 Å². The fourth-order valence-corrected chi connectivity index (χ4v) is 2.84. The van der Waals surface area contributed by atoms with Crippen molar-refractivity contribution in [2.45, 2.75) is 12.5 Å². The number of halogens is 3. The van der Waals surface area contributed by atoms with Crippen LogP contribution in [0.1, 0.15) is 17.2 Å². The summed E-state index contributed by atoms with van der Waals surface area (Å²) in [6, 6.07) is 10.2. The molecule has 0 amide bonds. The molecule has 106 valence electrons. The van der Waals surface area contributed by atoms with Crippen LogP contribution in [-0.2, 0) is 6.42 Å². The first-order valence-electron chi connectivity index (χ1n) is 5.97. The van der Waals surface area contributed by atoms with Gasteiger partial charge in [-0.15, -0.1) is 0 Å². The van der Waals surface area contributed by atoms with Gasteiger partial charge in [0.15, 0.2) is 11.6 Å². The lowest BCUT2D eigenvalue weighted by atomic mass is 10.0. The molecule has 0 aliphatic carbocycles. The van der Waals surface area contributed by atoms with Crippen LogP contribution >= 0.6 is 34.2 Å². The maximum Gasteiger partial charge on any atom is 0.168 e. The first-order valence-corrected chi connectivity index (χ1v) is 7.43. The SMILES string of the molecule is COc1cccc(CC(O)c2cc(Cl)ccc2I)c1F. The zero-order valence-corrected chi connectivity index (χ0v) is 13.7. The van der Waals surface area contributed by atoms with E-state index < -0.39 is 11.9 Å². The number of aliphatic hydroxyl groups excluding tert-OH is 1. The van der Waals surface area contributed by atoms with Gasteiger partial charge < -0.3 is 9.84 Å². The van der Waals surface area contributed by atoms with Crippen LogP contribution in [0.2, 0.25) is 5.02 Å². The van der Waals surface area contributed by atoms with Crippen molar-refractivity contribution in [2.24, 2.45) is 0 Å². The summed E-state index contributed by atoms with van der Waals surface area (Å²) >= 11 is 8.05. The zero-order chi connectivity index (χ0) is 14.7. The van der Waals surface area contributed by atoms with Gasteiger partial charge in [-0.2, -0.15) is 0 Å². The Morgan fingerprint density at radius 3 is 2.80 bits per heavy atom. The van der Waals surface area contributed by atoms with Crippen molar-refractivity contribution in [3.63, 3.8) is 0 Å². The fraction of sp³-hybridized carbons (Fsp3) is 0.200. The quantitative estimate of drug-likeness (QED) is 0.764. The van der Waals surface area contributed by atoms with E-state index in [0.29, 0.717) is 16.1 Å². The van der Waals surface area contributed by atoms with E-state index in [2.05, 4.69) is 22.6 Å². The van der Waals surface area contributed by atoms with Gasteiger partial charge in [0.25, 0.3) is 0 Å². The molecule has 0 saturated heterocycles. The topological polar surface area (TPSA) is 29.5 Å². The molecular formula is C15H13ClFIO2. The molecule has 1 unspecified atom stereocenters. The van der Waals surface area contributed by atoms with Crippen LogP contribution in [0.25, 0.3) is 0 Å². The second-order valence-electron chi connectivity index (χ2n) is 4.32. The molecule has 0 radical (unpaired) electrons. The average Bonchev–Trinajstić information content (AvgIpc) is 2.43. The van der Waals surface area contributed by atoms with Crippen molar-refractivity contribution in [3.05, 3.63) is 61.9 Å². The highest BCUT2D eigenvalue weighted by atomic mass is 127. The second kappa shape index (κ2) is 6.74. The molecule has 5 heteroatoms. The van der Waals surface area contributed by atoms with Crippen molar-refractivity contribution >= 4 is 34.2 Å². The van der Waals surface area contributed by atoms with Crippen LogP contribution in [0.3, 0.4) is 0 Å². The van der Waals surface area contributed by atoms with Crippen LogP contribution in [0.5, 0.6) is 5.75 Å². The highest BCUT2D eigenvalue weighted by Crippen LogP contribution is 2.29. The number of hydrogen-bond donors (Lipinski definition) is 1. The van der Waals surface area contributed by atoms with E-state index in [4.69, 9.17) is 16.3 Å². The third-order valence-electron chi connectivity index (χ3n) is 2.99. The summed E-state index contributed by atoms with van der Waals surface area (Å²) in [5.41, 5.74) is 1.10. The van der Waals surface area contributed by atoms with Gasteiger partial charge in [-0.1, -0.05) is 23.7 Å². The summed E-state index contributed by atoms with van der Waals surface area (Å²) in [6.07, 6.45) is -0.651. The minimum Gasteiger partial charge on any atom is -0.494 e. The minimum absolute atomic E-state index is 0.166. The lowest BCUT2D eigenvalue weighted by Gasteiger charge is -2.15. The molecule has 0 bridgehead atoms. The van der Waals surface area contributed by atoms with E-state index in [9.17, 15) is 9.50 Å². The normalized spacial score (nSPS) is 12.2. The smallest absolute Gasteiger partial charge is 0.168 e. The van der Waals surface area contributed by atoms with Crippen LogP contribution in [0.15, 0.2) is 36.4 Å². The second-order valence-corrected chi connectivity index (χ2v) is 5.92. The molecule has 0 saturated carbocycles. The number of methoxy groups -OCH3 is 1. The zero-order valence-electron chi connectivity index (χ0n) is 10.7. The summed E-state index contributed by atoms with van der Waals surface area (Å²) in [5, 5.41) is 10.8. The first kappa shape index (κ1) is 15.5. The van der Waals surface area contributed by atoms with Crippen LogP contribution in [0, 0.1) is 9.39 Å². The van der Waals surface area contributed by atoms with E-state index in [1.165, 1.54) is 7.11 Å². The van der Waals surface area contributed by atoms with Crippen molar-refractivity contribution in [1.82, 2.24) is 0 Å². The Bertz CT molecular complexity index is 619. The number of aliphatic hydroxyl groups is 1. The third-order valence-corrected chi connectivity index (χ3v) is 4.21. The van der Waals surface area contributed by atoms with Gasteiger partial charge in [0.2, 0.25) is 0 Å².